The largest absolute Gasteiger partial charge is 0.345 e. The molecule has 3 heterocycles. The van der Waals surface area contributed by atoms with Crippen molar-refractivity contribution in [3.63, 3.8) is 0 Å². The van der Waals surface area contributed by atoms with E-state index in [0.717, 1.165) is 25.8 Å². The van der Waals surface area contributed by atoms with E-state index in [-0.39, 0.29) is 23.1 Å². The van der Waals surface area contributed by atoms with Crippen LogP contribution in [0.25, 0.3) is 0 Å². The van der Waals surface area contributed by atoms with Gasteiger partial charge in [-0.1, -0.05) is 13.8 Å². The van der Waals surface area contributed by atoms with Gasteiger partial charge in [0, 0.05) is 58.5 Å². The van der Waals surface area contributed by atoms with Crippen molar-refractivity contribution in [3.8, 4) is 0 Å². The summed E-state index contributed by atoms with van der Waals surface area (Å²) >= 11 is 0. The van der Waals surface area contributed by atoms with Gasteiger partial charge in [0.15, 0.2) is 0 Å². The summed E-state index contributed by atoms with van der Waals surface area (Å²) in [6.45, 7) is 9.10. The molecule has 3 aliphatic heterocycles. The van der Waals surface area contributed by atoms with E-state index in [9.17, 15) is 14.4 Å². The van der Waals surface area contributed by atoms with Gasteiger partial charge in [-0.15, -0.1) is 0 Å². The quantitative estimate of drug-likeness (QED) is 0.756. The van der Waals surface area contributed by atoms with Crippen molar-refractivity contribution < 1.29 is 14.4 Å². The molecule has 3 amide bonds. The SMILES string of the molecule is CC(=O)N1CC2(CCN(C(=O)CC(C)C)CC2)[C@]2(CCN(C)C2=O)C1. The second-order valence-electron chi connectivity index (χ2n) is 8.69. The fourth-order valence-corrected chi connectivity index (χ4v) is 5.16. The lowest BCUT2D eigenvalue weighted by Crippen LogP contribution is -2.53. The van der Waals surface area contributed by atoms with Crippen LogP contribution in [0.1, 0.15) is 46.5 Å². The van der Waals surface area contributed by atoms with Gasteiger partial charge in [0.05, 0.1) is 5.41 Å². The minimum Gasteiger partial charge on any atom is -0.345 e. The molecule has 25 heavy (non-hydrogen) atoms. The summed E-state index contributed by atoms with van der Waals surface area (Å²) in [7, 11) is 1.86. The van der Waals surface area contributed by atoms with Crippen LogP contribution in [-0.4, -0.2) is 72.2 Å². The Morgan fingerprint density at radius 3 is 2.16 bits per heavy atom. The van der Waals surface area contributed by atoms with Crippen molar-refractivity contribution in [2.24, 2.45) is 16.7 Å². The average Bonchev–Trinajstić information content (AvgIpc) is 3.01. The molecule has 0 unspecified atom stereocenters. The van der Waals surface area contributed by atoms with Gasteiger partial charge in [0.25, 0.3) is 0 Å². The number of hydrogen-bond donors (Lipinski definition) is 0. The Bertz CT molecular complexity index is 580. The third-order valence-electron chi connectivity index (χ3n) is 6.70. The minimum absolute atomic E-state index is 0.0527. The summed E-state index contributed by atoms with van der Waals surface area (Å²) in [5, 5.41) is 0. The summed E-state index contributed by atoms with van der Waals surface area (Å²) in [6.07, 6.45) is 3.05. The number of amides is 3. The van der Waals surface area contributed by atoms with E-state index in [2.05, 4.69) is 13.8 Å². The van der Waals surface area contributed by atoms with E-state index >= 15 is 0 Å². The van der Waals surface area contributed by atoms with E-state index in [1.54, 1.807) is 6.92 Å². The molecule has 3 fully saturated rings. The van der Waals surface area contributed by atoms with Crippen LogP contribution in [0.15, 0.2) is 0 Å². The van der Waals surface area contributed by atoms with Gasteiger partial charge >= 0.3 is 0 Å². The molecular weight excluding hydrogens is 318 g/mol. The Labute approximate surface area is 150 Å². The third kappa shape index (κ3) is 2.83. The Balaban J connectivity index is 1.81. The highest BCUT2D eigenvalue weighted by Crippen LogP contribution is 2.57. The number of piperidine rings is 1. The van der Waals surface area contributed by atoms with Crippen LogP contribution < -0.4 is 0 Å². The standard InChI is InChI=1S/C19H31N3O3/c1-14(2)11-16(24)21-9-5-18(6-10-21)12-22(15(3)23)13-19(18)7-8-20(4)17(19)25/h14H,5-13H2,1-4H3/t19-/m1/s1. The zero-order valence-corrected chi connectivity index (χ0v) is 16.0. The zero-order chi connectivity index (χ0) is 18.4. The molecule has 0 saturated carbocycles. The third-order valence-corrected chi connectivity index (χ3v) is 6.70. The number of rotatable bonds is 2. The highest BCUT2D eigenvalue weighted by atomic mass is 16.2. The molecule has 3 rings (SSSR count). The smallest absolute Gasteiger partial charge is 0.231 e. The van der Waals surface area contributed by atoms with E-state index in [4.69, 9.17) is 0 Å². The van der Waals surface area contributed by atoms with Crippen LogP contribution in [0.5, 0.6) is 0 Å². The fraction of sp³-hybridized carbons (Fsp3) is 0.842. The molecule has 140 valence electrons. The lowest BCUT2D eigenvalue weighted by Gasteiger charge is -2.46. The molecule has 3 aliphatic rings. The van der Waals surface area contributed by atoms with E-state index in [1.807, 2.05) is 21.7 Å². The summed E-state index contributed by atoms with van der Waals surface area (Å²) < 4.78 is 0. The van der Waals surface area contributed by atoms with Gasteiger partial charge in [-0.3, -0.25) is 14.4 Å². The number of fused-ring (bicyclic) bond motifs is 1. The summed E-state index contributed by atoms with van der Waals surface area (Å²) in [4.78, 5) is 43.1. The van der Waals surface area contributed by atoms with Gasteiger partial charge in [-0.2, -0.15) is 0 Å². The number of carbonyl (C=O) groups excluding carboxylic acids is 3. The predicted octanol–water partition coefficient (Wildman–Crippen LogP) is 1.35. The van der Waals surface area contributed by atoms with Crippen LogP contribution in [0, 0.1) is 16.7 Å². The molecule has 0 aromatic heterocycles. The van der Waals surface area contributed by atoms with E-state index in [1.165, 1.54) is 0 Å². The zero-order valence-electron chi connectivity index (χ0n) is 16.0. The maximum absolute atomic E-state index is 13.0. The van der Waals surface area contributed by atoms with Crippen molar-refractivity contribution >= 4 is 17.7 Å². The molecule has 0 N–H and O–H groups in total. The minimum atomic E-state index is -0.444. The van der Waals surface area contributed by atoms with Crippen LogP contribution in [0.4, 0.5) is 0 Å². The monoisotopic (exact) mass is 349 g/mol. The molecule has 6 heteroatoms. The van der Waals surface area contributed by atoms with Crippen LogP contribution in [0.3, 0.4) is 0 Å². The molecule has 0 aliphatic carbocycles. The van der Waals surface area contributed by atoms with Gasteiger partial charge in [0.1, 0.15) is 0 Å². The number of likely N-dealkylation sites (tertiary alicyclic amines) is 3. The maximum Gasteiger partial charge on any atom is 0.231 e. The lowest BCUT2D eigenvalue weighted by atomic mass is 9.60. The lowest BCUT2D eigenvalue weighted by molar-refractivity contribution is -0.143. The van der Waals surface area contributed by atoms with Gasteiger partial charge in [-0.05, 0) is 25.2 Å². The molecular formula is C19H31N3O3. The second kappa shape index (κ2) is 6.29. The average molecular weight is 349 g/mol. The van der Waals surface area contributed by atoms with Gasteiger partial charge in [-0.25, -0.2) is 0 Å². The number of carbonyl (C=O) groups is 3. The predicted molar refractivity (Wildman–Crippen MR) is 94.6 cm³/mol. The normalized spacial score (nSPS) is 28.7. The molecule has 0 aromatic carbocycles. The van der Waals surface area contributed by atoms with E-state index < -0.39 is 5.41 Å². The van der Waals surface area contributed by atoms with Crippen LogP contribution in [0.2, 0.25) is 0 Å². The van der Waals surface area contributed by atoms with Crippen molar-refractivity contribution in [2.45, 2.75) is 46.5 Å². The Morgan fingerprint density at radius 2 is 1.68 bits per heavy atom. The summed E-state index contributed by atoms with van der Waals surface area (Å²) in [5.41, 5.74) is -0.615. The highest BCUT2D eigenvalue weighted by molar-refractivity contribution is 5.88. The van der Waals surface area contributed by atoms with Crippen LogP contribution >= 0.6 is 0 Å². The highest BCUT2D eigenvalue weighted by Gasteiger charge is 2.65. The number of nitrogens with zero attached hydrogens (tertiary/aromatic N) is 3. The first kappa shape index (κ1) is 18.2. The molecule has 0 bridgehead atoms. The first-order valence-electron chi connectivity index (χ1n) is 9.50. The number of hydrogen-bond acceptors (Lipinski definition) is 3. The Kier molecular flexibility index (Phi) is 4.58. The Morgan fingerprint density at radius 1 is 1.04 bits per heavy atom. The first-order valence-corrected chi connectivity index (χ1v) is 9.50. The first-order chi connectivity index (χ1) is 11.7. The fourth-order valence-electron chi connectivity index (χ4n) is 5.16. The van der Waals surface area contributed by atoms with Gasteiger partial charge < -0.3 is 14.7 Å². The van der Waals surface area contributed by atoms with Gasteiger partial charge in [0.2, 0.25) is 17.7 Å². The Hall–Kier alpha value is -1.59. The van der Waals surface area contributed by atoms with Crippen LogP contribution in [-0.2, 0) is 14.4 Å². The summed E-state index contributed by atoms with van der Waals surface area (Å²) in [6, 6.07) is 0. The van der Waals surface area contributed by atoms with Crippen molar-refractivity contribution in [1.29, 1.82) is 0 Å². The molecule has 0 aromatic rings. The molecule has 3 saturated heterocycles. The molecule has 2 spiro atoms. The molecule has 6 nitrogen and oxygen atoms in total. The second-order valence-corrected chi connectivity index (χ2v) is 8.69. The summed E-state index contributed by atoms with van der Waals surface area (Å²) in [5.74, 6) is 0.824. The van der Waals surface area contributed by atoms with Crippen molar-refractivity contribution in [1.82, 2.24) is 14.7 Å². The molecule has 1 atom stereocenters. The maximum atomic E-state index is 13.0. The molecule has 0 radical (unpaired) electrons. The van der Waals surface area contributed by atoms with E-state index in [0.29, 0.717) is 38.5 Å². The van der Waals surface area contributed by atoms with Crippen molar-refractivity contribution in [3.05, 3.63) is 0 Å². The van der Waals surface area contributed by atoms with Crippen molar-refractivity contribution in [2.75, 3.05) is 39.8 Å². The topological polar surface area (TPSA) is 60.9 Å².